The Labute approximate surface area is 115 Å². The maximum absolute atomic E-state index is 12.0. The van der Waals surface area contributed by atoms with Crippen molar-refractivity contribution in [1.29, 1.82) is 0 Å². The van der Waals surface area contributed by atoms with E-state index >= 15 is 0 Å². The van der Waals surface area contributed by atoms with E-state index in [1.807, 2.05) is 32.0 Å². The summed E-state index contributed by atoms with van der Waals surface area (Å²) >= 11 is 0. The first-order chi connectivity index (χ1) is 9.00. The van der Waals surface area contributed by atoms with Crippen LogP contribution < -0.4 is 16.0 Å². The molecule has 19 heavy (non-hydrogen) atoms. The molecule has 0 bridgehead atoms. The van der Waals surface area contributed by atoms with E-state index in [0.717, 1.165) is 36.3 Å². The predicted octanol–water partition coefficient (Wildman–Crippen LogP) is 1.58. The van der Waals surface area contributed by atoms with Crippen molar-refractivity contribution in [3.63, 3.8) is 0 Å². The molecular weight excluding hydrogens is 238 g/mol. The number of anilines is 1. The zero-order valence-corrected chi connectivity index (χ0v) is 12.0. The van der Waals surface area contributed by atoms with Crippen LogP contribution in [0.15, 0.2) is 18.2 Å². The molecule has 4 heteroatoms. The van der Waals surface area contributed by atoms with Crippen LogP contribution in [-0.4, -0.2) is 31.1 Å². The summed E-state index contributed by atoms with van der Waals surface area (Å²) in [6.45, 7) is 8.47. The van der Waals surface area contributed by atoms with Gasteiger partial charge in [-0.3, -0.25) is 4.79 Å². The second-order valence-corrected chi connectivity index (χ2v) is 5.66. The van der Waals surface area contributed by atoms with Crippen molar-refractivity contribution >= 4 is 11.6 Å². The monoisotopic (exact) mass is 261 g/mol. The highest BCUT2D eigenvalue weighted by molar-refractivity contribution is 5.93. The van der Waals surface area contributed by atoms with Gasteiger partial charge in [-0.1, -0.05) is 18.2 Å². The number of amides is 1. The first-order valence-corrected chi connectivity index (χ1v) is 6.82. The number of aryl methyl sites for hydroxylation is 2. The van der Waals surface area contributed by atoms with E-state index in [1.54, 1.807) is 0 Å². The summed E-state index contributed by atoms with van der Waals surface area (Å²) in [6.07, 6.45) is 1.06. The maximum atomic E-state index is 12.0. The summed E-state index contributed by atoms with van der Waals surface area (Å²) in [4.78, 5) is 12.0. The Hall–Kier alpha value is -1.39. The van der Waals surface area contributed by atoms with E-state index in [9.17, 15) is 4.79 Å². The Morgan fingerprint density at radius 3 is 2.63 bits per heavy atom. The van der Waals surface area contributed by atoms with Gasteiger partial charge >= 0.3 is 0 Å². The lowest BCUT2D eigenvalue weighted by Crippen LogP contribution is -2.47. The second-order valence-electron chi connectivity index (χ2n) is 5.66. The molecular formula is C15H23N3O. The molecule has 0 spiro atoms. The third-order valence-electron chi connectivity index (χ3n) is 3.79. The molecule has 3 N–H and O–H groups in total. The van der Waals surface area contributed by atoms with Gasteiger partial charge in [0.1, 0.15) is 0 Å². The zero-order valence-electron chi connectivity index (χ0n) is 12.0. The molecule has 1 aliphatic heterocycles. The summed E-state index contributed by atoms with van der Waals surface area (Å²) in [7, 11) is 0. The molecule has 0 aromatic heterocycles. The molecule has 1 aromatic rings. The molecule has 1 atom stereocenters. The summed E-state index contributed by atoms with van der Waals surface area (Å²) in [5.74, 6) is 0.0190. The zero-order chi connectivity index (χ0) is 13.9. The van der Waals surface area contributed by atoms with Crippen molar-refractivity contribution in [2.24, 2.45) is 0 Å². The third kappa shape index (κ3) is 3.55. The van der Waals surface area contributed by atoms with E-state index < -0.39 is 0 Å². The Kier molecular flexibility index (Phi) is 4.22. The van der Waals surface area contributed by atoms with Gasteiger partial charge in [-0.05, 0) is 44.9 Å². The molecule has 1 fully saturated rings. The number of carbonyl (C=O) groups is 1. The molecule has 1 saturated heterocycles. The Morgan fingerprint density at radius 1 is 1.37 bits per heavy atom. The minimum atomic E-state index is 0.0190. The van der Waals surface area contributed by atoms with Crippen LogP contribution in [0.2, 0.25) is 0 Å². The Morgan fingerprint density at radius 2 is 2.05 bits per heavy atom. The van der Waals surface area contributed by atoms with Crippen molar-refractivity contribution < 1.29 is 4.79 Å². The highest BCUT2D eigenvalue weighted by Gasteiger charge is 2.28. The maximum Gasteiger partial charge on any atom is 0.238 e. The number of hydrogen-bond acceptors (Lipinski definition) is 3. The Balaban J connectivity index is 1.91. The number of benzene rings is 1. The molecule has 1 heterocycles. The van der Waals surface area contributed by atoms with Gasteiger partial charge in [-0.25, -0.2) is 0 Å². The first-order valence-electron chi connectivity index (χ1n) is 6.82. The fourth-order valence-corrected chi connectivity index (χ4v) is 2.46. The molecule has 0 aliphatic carbocycles. The second kappa shape index (κ2) is 5.72. The number of carbonyl (C=O) groups excluding carboxylic acids is 1. The summed E-state index contributed by atoms with van der Waals surface area (Å²) in [5.41, 5.74) is 3.17. The molecule has 1 aromatic carbocycles. The van der Waals surface area contributed by atoms with E-state index in [-0.39, 0.29) is 11.4 Å². The average molecular weight is 261 g/mol. The average Bonchev–Trinajstić information content (AvgIpc) is 2.79. The van der Waals surface area contributed by atoms with Crippen LogP contribution in [0.5, 0.6) is 0 Å². The van der Waals surface area contributed by atoms with E-state index in [2.05, 4.69) is 22.9 Å². The number of nitrogens with one attached hydrogen (secondary N) is 3. The van der Waals surface area contributed by atoms with Crippen LogP contribution in [0.1, 0.15) is 24.5 Å². The standard InChI is InChI=1S/C15H23N3O/c1-11-5-4-6-12(2)14(11)18-13(19)9-17-15(3)7-8-16-10-15/h4-6,16-17H,7-10H2,1-3H3,(H,18,19). The first kappa shape index (κ1) is 14.0. The van der Waals surface area contributed by atoms with Gasteiger partial charge < -0.3 is 16.0 Å². The van der Waals surface area contributed by atoms with Gasteiger partial charge in [0, 0.05) is 17.8 Å². The largest absolute Gasteiger partial charge is 0.324 e. The van der Waals surface area contributed by atoms with E-state index in [0.29, 0.717) is 6.54 Å². The van der Waals surface area contributed by atoms with Gasteiger partial charge in [-0.2, -0.15) is 0 Å². The van der Waals surface area contributed by atoms with Gasteiger partial charge in [0.05, 0.1) is 6.54 Å². The lowest BCUT2D eigenvalue weighted by molar-refractivity contribution is -0.115. The van der Waals surface area contributed by atoms with Crippen molar-refractivity contribution in [3.05, 3.63) is 29.3 Å². The molecule has 0 saturated carbocycles. The number of rotatable bonds is 4. The van der Waals surface area contributed by atoms with E-state index in [1.165, 1.54) is 0 Å². The van der Waals surface area contributed by atoms with Crippen molar-refractivity contribution in [1.82, 2.24) is 10.6 Å². The molecule has 1 unspecified atom stereocenters. The minimum absolute atomic E-state index is 0.0190. The molecule has 0 radical (unpaired) electrons. The summed E-state index contributed by atoms with van der Waals surface area (Å²) in [5, 5.41) is 9.65. The molecule has 4 nitrogen and oxygen atoms in total. The van der Waals surface area contributed by atoms with Crippen LogP contribution in [-0.2, 0) is 4.79 Å². The fraction of sp³-hybridized carbons (Fsp3) is 0.533. The topological polar surface area (TPSA) is 53.2 Å². The van der Waals surface area contributed by atoms with Gasteiger partial charge in [0.15, 0.2) is 0 Å². The lowest BCUT2D eigenvalue weighted by atomic mass is 10.0. The summed E-state index contributed by atoms with van der Waals surface area (Å²) in [6, 6.07) is 6.03. The predicted molar refractivity (Wildman–Crippen MR) is 78.4 cm³/mol. The number of hydrogen-bond donors (Lipinski definition) is 3. The minimum Gasteiger partial charge on any atom is -0.324 e. The fourth-order valence-electron chi connectivity index (χ4n) is 2.46. The highest BCUT2D eigenvalue weighted by atomic mass is 16.1. The van der Waals surface area contributed by atoms with Crippen LogP contribution in [0.4, 0.5) is 5.69 Å². The van der Waals surface area contributed by atoms with Crippen molar-refractivity contribution in [2.75, 3.05) is 25.0 Å². The van der Waals surface area contributed by atoms with Crippen LogP contribution in [0.3, 0.4) is 0 Å². The summed E-state index contributed by atoms with van der Waals surface area (Å²) < 4.78 is 0. The quantitative estimate of drug-likeness (QED) is 0.771. The van der Waals surface area contributed by atoms with Crippen molar-refractivity contribution in [3.8, 4) is 0 Å². The molecule has 2 rings (SSSR count). The van der Waals surface area contributed by atoms with E-state index in [4.69, 9.17) is 0 Å². The number of para-hydroxylation sites is 1. The van der Waals surface area contributed by atoms with Crippen LogP contribution >= 0.6 is 0 Å². The molecule has 1 amide bonds. The SMILES string of the molecule is Cc1cccc(C)c1NC(=O)CNC1(C)CCNC1. The van der Waals surface area contributed by atoms with Crippen LogP contribution in [0.25, 0.3) is 0 Å². The smallest absolute Gasteiger partial charge is 0.238 e. The normalized spacial score (nSPS) is 22.5. The highest BCUT2D eigenvalue weighted by Crippen LogP contribution is 2.19. The molecule has 1 aliphatic rings. The Bertz CT molecular complexity index is 444. The van der Waals surface area contributed by atoms with Crippen molar-refractivity contribution in [2.45, 2.75) is 32.7 Å². The van der Waals surface area contributed by atoms with Gasteiger partial charge in [0.25, 0.3) is 0 Å². The lowest BCUT2D eigenvalue weighted by Gasteiger charge is -2.24. The third-order valence-corrected chi connectivity index (χ3v) is 3.79. The van der Waals surface area contributed by atoms with Gasteiger partial charge in [0.2, 0.25) is 5.91 Å². The van der Waals surface area contributed by atoms with Gasteiger partial charge in [-0.15, -0.1) is 0 Å². The van der Waals surface area contributed by atoms with Crippen LogP contribution in [0, 0.1) is 13.8 Å². The molecule has 104 valence electrons.